The molecule has 0 aromatic heterocycles. The molecule has 4 atom stereocenters. The Morgan fingerprint density at radius 2 is 2.00 bits per heavy atom. The lowest BCUT2D eigenvalue weighted by molar-refractivity contribution is -0.194. The fourth-order valence-corrected chi connectivity index (χ4v) is 3.97. The Morgan fingerprint density at radius 1 is 1.26 bits per heavy atom. The Morgan fingerprint density at radius 3 is 2.74 bits per heavy atom. The lowest BCUT2D eigenvalue weighted by Gasteiger charge is -2.60. The Hall–Kier alpha value is -0.860. The highest BCUT2D eigenvalue weighted by Gasteiger charge is 2.57. The molecule has 2 nitrogen and oxygen atoms in total. The van der Waals surface area contributed by atoms with Crippen molar-refractivity contribution in [3.8, 4) is 0 Å². The summed E-state index contributed by atoms with van der Waals surface area (Å²) in [6.45, 7) is 7.90. The van der Waals surface area contributed by atoms with Crippen LogP contribution in [-0.2, 0) is 4.74 Å². The van der Waals surface area contributed by atoms with Gasteiger partial charge in [0, 0.05) is 30.0 Å². The third kappa shape index (κ3) is 2.21. The van der Waals surface area contributed by atoms with Crippen LogP contribution < -0.4 is 5.32 Å². The summed E-state index contributed by atoms with van der Waals surface area (Å²) in [4.78, 5) is 0. The van der Waals surface area contributed by atoms with Gasteiger partial charge in [-0.1, -0.05) is 44.2 Å². The second-order valence-corrected chi connectivity index (χ2v) is 6.70. The first-order valence-electron chi connectivity index (χ1n) is 7.53. The maximum atomic E-state index is 5.97. The molecule has 2 heteroatoms. The molecule has 1 heterocycles. The maximum absolute atomic E-state index is 5.97. The third-order valence-corrected chi connectivity index (χ3v) is 5.06. The van der Waals surface area contributed by atoms with E-state index in [9.17, 15) is 0 Å². The van der Waals surface area contributed by atoms with E-state index in [1.54, 1.807) is 0 Å². The van der Waals surface area contributed by atoms with E-state index in [4.69, 9.17) is 4.74 Å². The van der Waals surface area contributed by atoms with Gasteiger partial charge in [0.25, 0.3) is 0 Å². The molecule has 104 valence electrons. The second kappa shape index (κ2) is 4.92. The van der Waals surface area contributed by atoms with Gasteiger partial charge >= 0.3 is 0 Å². The molecule has 1 aromatic rings. The molecule has 3 rings (SSSR count). The molecular weight excluding hydrogens is 234 g/mol. The largest absolute Gasteiger partial charge is 0.377 e. The molecule has 3 unspecified atom stereocenters. The van der Waals surface area contributed by atoms with Crippen molar-refractivity contribution in [1.82, 2.24) is 5.32 Å². The number of benzene rings is 1. The van der Waals surface area contributed by atoms with Crippen LogP contribution >= 0.6 is 0 Å². The normalized spacial score (nSPS) is 34.2. The standard InChI is InChI=1S/C17H25NO/c1-12(13-8-5-4-6-9-13)18-15-14-10-7-11-19-16(14)17(15,2)3/h4-6,8-9,12,14-16,18H,7,10-11H2,1-3H3/t12-,14?,15?,16?/m0/s1. The predicted octanol–water partition coefficient (Wildman–Crippen LogP) is 3.54. The number of hydrogen-bond donors (Lipinski definition) is 1. The van der Waals surface area contributed by atoms with Crippen LogP contribution in [0.1, 0.15) is 45.2 Å². The zero-order valence-corrected chi connectivity index (χ0v) is 12.2. The van der Waals surface area contributed by atoms with Crippen molar-refractivity contribution in [2.45, 2.75) is 51.8 Å². The van der Waals surface area contributed by atoms with E-state index < -0.39 is 0 Å². The number of ether oxygens (including phenoxy) is 1. The quantitative estimate of drug-likeness (QED) is 0.896. The number of rotatable bonds is 3. The van der Waals surface area contributed by atoms with Gasteiger partial charge in [0.2, 0.25) is 0 Å². The highest BCUT2D eigenvalue weighted by molar-refractivity contribution is 5.20. The Kier molecular flexibility index (Phi) is 3.40. The van der Waals surface area contributed by atoms with E-state index in [0.717, 1.165) is 6.61 Å². The maximum Gasteiger partial charge on any atom is 0.0684 e. The predicted molar refractivity (Wildman–Crippen MR) is 78.0 cm³/mol. The van der Waals surface area contributed by atoms with E-state index in [1.165, 1.54) is 18.4 Å². The first kappa shape index (κ1) is 13.1. The van der Waals surface area contributed by atoms with Gasteiger partial charge in [0.1, 0.15) is 0 Å². The fourth-order valence-electron chi connectivity index (χ4n) is 3.97. The molecule has 0 spiro atoms. The zero-order chi connectivity index (χ0) is 13.5. The number of hydrogen-bond acceptors (Lipinski definition) is 2. The third-order valence-electron chi connectivity index (χ3n) is 5.06. The molecule has 1 saturated carbocycles. The zero-order valence-electron chi connectivity index (χ0n) is 12.2. The molecule has 1 aromatic carbocycles. The van der Waals surface area contributed by atoms with Crippen LogP contribution in [0.4, 0.5) is 0 Å². The summed E-state index contributed by atoms with van der Waals surface area (Å²) >= 11 is 0. The van der Waals surface area contributed by atoms with Gasteiger partial charge in [-0.2, -0.15) is 0 Å². The average molecular weight is 259 g/mol. The van der Waals surface area contributed by atoms with E-state index in [0.29, 0.717) is 24.1 Å². The molecule has 1 N–H and O–H groups in total. The molecule has 0 radical (unpaired) electrons. The Bertz CT molecular complexity index is 428. The fraction of sp³-hybridized carbons (Fsp3) is 0.647. The average Bonchev–Trinajstić information content (AvgIpc) is 2.45. The minimum absolute atomic E-state index is 0.258. The van der Waals surface area contributed by atoms with E-state index in [2.05, 4.69) is 56.4 Å². The van der Waals surface area contributed by atoms with E-state index in [-0.39, 0.29) is 5.41 Å². The van der Waals surface area contributed by atoms with Crippen LogP contribution in [0.5, 0.6) is 0 Å². The van der Waals surface area contributed by atoms with Crippen molar-refractivity contribution < 1.29 is 4.74 Å². The Balaban J connectivity index is 1.69. The first-order valence-corrected chi connectivity index (χ1v) is 7.53. The SMILES string of the molecule is C[C@H](NC1C2CCCOC2C1(C)C)c1ccccc1. The molecule has 1 saturated heterocycles. The minimum atomic E-state index is 0.258. The summed E-state index contributed by atoms with van der Waals surface area (Å²) in [7, 11) is 0. The van der Waals surface area contributed by atoms with Crippen molar-refractivity contribution in [2.75, 3.05) is 6.61 Å². The molecule has 0 amide bonds. The molecule has 19 heavy (non-hydrogen) atoms. The van der Waals surface area contributed by atoms with Crippen LogP contribution in [0.15, 0.2) is 30.3 Å². The summed E-state index contributed by atoms with van der Waals surface area (Å²) < 4.78 is 5.97. The van der Waals surface area contributed by atoms with Gasteiger partial charge in [-0.15, -0.1) is 0 Å². The van der Waals surface area contributed by atoms with Gasteiger partial charge < -0.3 is 10.1 Å². The van der Waals surface area contributed by atoms with Crippen LogP contribution in [0, 0.1) is 11.3 Å². The van der Waals surface area contributed by atoms with Crippen LogP contribution in [-0.4, -0.2) is 18.8 Å². The van der Waals surface area contributed by atoms with Gasteiger partial charge in [-0.25, -0.2) is 0 Å². The summed E-state index contributed by atoms with van der Waals surface area (Å²) in [5.41, 5.74) is 1.63. The van der Waals surface area contributed by atoms with Crippen LogP contribution in [0.3, 0.4) is 0 Å². The second-order valence-electron chi connectivity index (χ2n) is 6.70. The summed E-state index contributed by atoms with van der Waals surface area (Å²) in [5.74, 6) is 0.704. The molecule has 2 aliphatic rings. The summed E-state index contributed by atoms with van der Waals surface area (Å²) in [6.07, 6.45) is 2.99. The molecule has 1 aliphatic heterocycles. The van der Waals surface area contributed by atoms with Crippen molar-refractivity contribution in [2.24, 2.45) is 11.3 Å². The van der Waals surface area contributed by atoms with Crippen LogP contribution in [0.2, 0.25) is 0 Å². The molecule has 0 bridgehead atoms. The van der Waals surface area contributed by atoms with Crippen molar-refractivity contribution in [3.05, 3.63) is 35.9 Å². The van der Waals surface area contributed by atoms with E-state index in [1.807, 2.05) is 0 Å². The first-order chi connectivity index (χ1) is 9.10. The lowest BCUT2D eigenvalue weighted by atomic mass is 9.55. The monoisotopic (exact) mass is 259 g/mol. The van der Waals surface area contributed by atoms with Gasteiger partial charge in [-0.05, 0) is 25.3 Å². The molecule has 1 aliphatic carbocycles. The smallest absolute Gasteiger partial charge is 0.0684 e. The topological polar surface area (TPSA) is 21.3 Å². The van der Waals surface area contributed by atoms with Crippen molar-refractivity contribution >= 4 is 0 Å². The number of nitrogens with one attached hydrogen (secondary N) is 1. The minimum Gasteiger partial charge on any atom is -0.377 e. The van der Waals surface area contributed by atoms with Gasteiger partial charge in [0.15, 0.2) is 0 Å². The summed E-state index contributed by atoms with van der Waals surface area (Å²) in [5, 5.41) is 3.84. The number of fused-ring (bicyclic) bond motifs is 1. The Labute approximate surface area is 116 Å². The van der Waals surface area contributed by atoms with Crippen molar-refractivity contribution in [3.63, 3.8) is 0 Å². The van der Waals surface area contributed by atoms with Gasteiger partial charge in [-0.3, -0.25) is 0 Å². The lowest BCUT2D eigenvalue weighted by Crippen LogP contribution is -2.69. The highest BCUT2D eigenvalue weighted by atomic mass is 16.5. The molecular formula is C17H25NO. The van der Waals surface area contributed by atoms with Gasteiger partial charge in [0.05, 0.1) is 6.10 Å². The van der Waals surface area contributed by atoms with E-state index >= 15 is 0 Å². The van der Waals surface area contributed by atoms with Crippen LogP contribution in [0.25, 0.3) is 0 Å². The highest BCUT2D eigenvalue weighted by Crippen LogP contribution is 2.51. The molecule has 2 fully saturated rings. The summed E-state index contributed by atoms with van der Waals surface area (Å²) in [6, 6.07) is 11.7. The van der Waals surface area contributed by atoms with Crippen molar-refractivity contribution in [1.29, 1.82) is 0 Å².